The first kappa shape index (κ1) is 17.9. The third-order valence-electron chi connectivity index (χ3n) is 4.43. The summed E-state index contributed by atoms with van der Waals surface area (Å²) >= 11 is 0. The summed E-state index contributed by atoms with van der Waals surface area (Å²) in [5, 5.41) is 7.55. The third kappa shape index (κ3) is 5.62. The fraction of sp³-hybridized carbons (Fsp3) is 0.765. The molecule has 0 aliphatic carbocycles. The van der Waals surface area contributed by atoms with E-state index < -0.39 is 0 Å². The van der Waals surface area contributed by atoms with Gasteiger partial charge in [-0.25, -0.2) is 0 Å². The Kier molecular flexibility index (Phi) is 7.05. The monoisotopic (exact) mass is 322 g/mol. The van der Waals surface area contributed by atoms with E-state index in [9.17, 15) is 4.79 Å². The van der Waals surface area contributed by atoms with Crippen molar-refractivity contribution in [1.29, 1.82) is 0 Å². The summed E-state index contributed by atoms with van der Waals surface area (Å²) in [6.07, 6.45) is 4.40. The van der Waals surface area contributed by atoms with Crippen molar-refractivity contribution < 1.29 is 9.53 Å². The standard InChI is InChI=1S/C17H30N4O2/c1-14-11-15(2)21(19-14)12-16-7-4-5-9-20(16)13-17(22)18-8-6-10-23-3/h11,16H,4-10,12-13H2,1-3H3,(H,18,22). The van der Waals surface area contributed by atoms with Gasteiger partial charge < -0.3 is 10.1 Å². The lowest BCUT2D eigenvalue weighted by molar-refractivity contribution is -0.123. The zero-order chi connectivity index (χ0) is 16.7. The van der Waals surface area contributed by atoms with E-state index in [1.807, 2.05) is 6.92 Å². The molecule has 6 nitrogen and oxygen atoms in total. The first-order chi connectivity index (χ1) is 11.1. The number of ether oxygens (including phenoxy) is 1. The number of aryl methyl sites for hydroxylation is 2. The van der Waals surface area contributed by atoms with Crippen LogP contribution in [0.15, 0.2) is 6.07 Å². The Labute approximate surface area is 139 Å². The van der Waals surface area contributed by atoms with Gasteiger partial charge in [0, 0.05) is 32.0 Å². The van der Waals surface area contributed by atoms with Crippen LogP contribution in [0.3, 0.4) is 0 Å². The lowest BCUT2D eigenvalue weighted by Gasteiger charge is -2.35. The molecule has 2 rings (SSSR count). The second-order valence-electron chi connectivity index (χ2n) is 6.43. The number of carbonyl (C=O) groups excluding carboxylic acids is 1. The van der Waals surface area contributed by atoms with Crippen LogP contribution in [0.1, 0.15) is 37.1 Å². The van der Waals surface area contributed by atoms with Gasteiger partial charge >= 0.3 is 0 Å². The molecule has 1 aliphatic rings. The number of methoxy groups -OCH3 is 1. The smallest absolute Gasteiger partial charge is 0.234 e. The highest BCUT2D eigenvalue weighted by atomic mass is 16.5. The molecule has 0 bridgehead atoms. The number of amides is 1. The Bertz CT molecular complexity index is 501. The molecule has 1 aromatic heterocycles. The topological polar surface area (TPSA) is 59.4 Å². The van der Waals surface area contributed by atoms with E-state index in [-0.39, 0.29) is 5.91 Å². The molecule has 1 atom stereocenters. The molecule has 6 heteroatoms. The number of aromatic nitrogens is 2. The van der Waals surface area contributed by atoms with E-state index in [4.69, 9.17) is 4.74 Å². The normalized spacial score (nSPS) is 19.0. The van der Waals surface area contributed by atoms with Gasteiger partial charge in [0.1, 0.15) is 0 Å². The van der Waals surface area contributed by atoms with Crippen molar-refractivity contribution in [3.05, 3.63) is 17.5 Å². The van der Waals surface area contributed by atoms with Gasteiger partial charge in [-0.2, -0.15) is 5.10 Å². The molecule has 1 unspecified atom stereocenters. The summed E-state index contributed by atoms with van der Waals surface area (Å²) in [5.74, 6) is 0.112. The molecular weight excluding hydrogens is 292 g/mol. The van der Waals surface area contributed by atoms with Gasteiger partial charge in [0.25, 0.3) is 0 Å². The van der Waals surface area contributed by atoms with E-state index in [2.05, 4.69) is 33.0 Å². The number of piperidine rings is 1. The number of rotatable bonds is 8. The maximum atomic E-state index is 12.1. The van der Waals surface area contributed by atoms with E-state index >= 15 is 0 Å². The lowest BCUT2D eigenvalue weighted by atomic mass is 10.0. The third-order valence-corrected chi connectivity index (χ3v) is 4.43. The molecule has 0 radical (unpaired) electrons. The van der Waals surface area contributed by atoms with Crippen LogP contribution in [0.2, 0.25) is 0 Å². The number of nitrogens with zero attached hydrogens (tertiary/aromatic N) is 3. The number of likely N-dealkylation sites (tertiary alicyclic amines) is 1. The molecule has 1 saturated heterocycles. The van der Waals surface area contributed by atoms with Crippen LogP contribution in [-0.2, 0) is 16.1 Å². The molecule has 1 aromatic rings. The molecule has 0 saturated carbocycles. The van der Waals surface area contributed by atoms with Gasteiger partial charge in [-0.3, -0.25) is 14.4 Å². The SMILES string of the molecule is COCCCNC(=O)CN1CCCCC1Cn1nc(C)cc1C. The predicted octanol–water partition coefficient (Wildman–Crippen LogP) is 1.51. The summed E-state index contributed by atoms with van der Waals surface area (Å²) in [7, 11) is 1.68. The number of carbonyl (C=O) groups is 1. The van der Waals surface area contributed by atoms with E-state index in [0.717, 1.165) is 31.6 Å². The highest BCUT2D eigenvalue weighted by molar-refractivity contribution is 5.78. The summed E-state index contributed by atoms with van der Waals surface area (Å²) in [6.45, 7) is 7.83. The van der Waals surface area contributed by atoms with Crippen molar-refractivity contribution >= 4 is 5.91 Å². The Hall–Kier alpha value is -1.40. The second kappa shape index (κ2) is 9.03. The summed E-state index contributed by atoms with van der Waals surface area (Å²) < 4.78 is 7.08. The lowest BCUT2D eigenvalue weighted by Crippen LogP contribution is -2.47. The Balaban J connectivity index is 1.85. The van der Waals surface area contributed by atoms with Gasteiger partial charge in [0.2, 0.25) is 5.91 Å². The molecule has 130 valence electrons. The van der Waals surface area contributed by atoms with Crippen LogP contribution >= 0.6 is 0 Å². The van der Waals surface area contributed by atoms with E-state index in [1.165, 1.54) is 18.5 Å². The molecule has 1 amide bonds. The first-order valence-corrected chi connectivity index (χ1v) is 8.61. The van der Waals surface area contributed by atoms with Crippen LogP contribution in [0.4, 0.5) is 0 Å². The van der Waals surface area contributed by atoms with Crippen molar-refractivity contribution in [3.63, 3.8) is 0 Å². The zero-order valence-corrected chi connectivity index (χ0v) is 14.7. The molecule has 23 heavy (non-hydrogen) atoms. The highest BCUT2D eigenvalue weighted by Crippen LogP contribution is 2.19. The minimum absolute atomic E-state index is 0.112. The van der Waals surface area contributed by atoms with Gasteiger partial charge in [-0.15, -0.1) is 0 Å². The molecule has 1 fully saturated rings. The Morgan fingerprint density at radius 2 is 2.26 bits per heavy atom. The average Bonchev–Trinajstić information content (AvgIpc) is 2.83. The van der Waals surface area contributed by atoms with E-state index in [1.54, 1.807) is 7.11 Å². The molecule has 2 heterocycles. The highest BCUT2D eigenvalue weighted by Gasteiger charge is 2.25. The maximum absolute atomic E-state index is 12.1. The number of hydrogen-bond acceptors (Lipinski definition) is 4. The van der Waals surface area contributed by atoms with Crippen molar-refractivity contribution in [1.82, 2.24) is 20.0 Å². The van der Waals surface area contributed by atoms with Crippen LogP contribution in [0, 0.1) is 13.8 Å². The van der Waals surface area contributed by atoms with Crippen LogP contribution < -0.4 is 5.32 Å². The fourth-order valence-electron chi connectivity index (χ4n) is 3.22. The molecule has 1 aliphatic heterocycles. The quantitative estimate of drug-likeness (QED) is 0.737. The molecule has 1 N–H and O–H groups in total. The van der Waals surface area contributed by atoms with Gasteiger partial charge in [-0.05, 0) is 45.7 Å². The second-order valence-corrected chi connectivity index (χ2v) is 6.43. The van der Waals surface area contributed by atoms with Crippen LogP contribution in [0.5, 0.6) is 0 Å². The van der Waals surface area contributed by atoms with Crippen molar-refractivity contribution in [2.75, 3.05) is 33.4 Å². The summed E-state index contributed by atoms with van der Waals surface area (Å²) in [4.78, 5) is 14.4. The number of hydrogen-bond donors (Lipinski definition) is 1. The zero-order valence-electron chi connectivity index (χ0n) is 14.7. The van der Waals surface area contributed by atoms with Crippen molar-refractivity contribution in [2.45, 2.75) is 52.1 Å². The maximum Gasteiger partial charge on any atom is 0.234 e. The minimum atomic E-state index is 0.112. The van der Waals surface area contributed by atoms with E-state index in [0.29, 0.717) is 25.7 Å². The van der Waals surface area contributed by atoms with Gasteiger partial charge in [0.15, 0.2) is 0 Å². The van der Waals surface area contributed by atoms with Crippen molar-refractivity contribution in [2.24, 2.45) is 0 Å². The Morgan fingerprint density at radius 3 is 2.96 bits per heavy atom. The van der Waals surface area contributed by atoms with Crippen LogP contribution in [-0.4, -0.2) is 60.0 Å². The summed E-state index contributed by atoms with van der Waals surface area (Å²) in [6, 6.07) is 2.50. The fourth-order valence-corrected chi connectivity index (χ4v) is 3.22. The molecule has 0 spiro atoms. The molecular formula is C17H30N4O2. The van der Waals surface area contributed by atoms with Crippen molar-refractivity contribution in [3.8, 4) is 0 Å². The Morgan fingerprint density at radius 1 is 1.43 bits per heavy atom. The number of nitrogens with one attached hydrogen (secondary N) is 1. The minimum Gasteiger partial charge on any atom is -0.385 e. The predicted molar refractivity (Wildman–Crippen MR) is 90.4 cm³/mol. The molecule has 0 aromatic carbocycles. The van der Waals surface area contributed by atoms with Gasteiger partial charge in [0.05, 0.1) is 18.8 Å². The van der Waals surface area contributed by atoms with Crippen LogP contribution in [0.25, 0.3) is 0 Å². The largest absolute Gasteiger partial charge is 0.385 e. The summed E-state index contributed by atoms with van der Waals surface area (Å²) in [5.41, 5.74) is 2.25. The first-order valence-electron chi connectivity index (χ1n) is 8.61. The average molecular weight is 322 g/mol. The van der Waals surface area contributed by atoms with Gasteiger partial charge in [-0.1, -0.05) is 6.42 Å².